The lowest BCUT2D eigenvalue weighted by Crippen LogP contribution is -2.12. The van der Waals surface area contributed by atoms with E-state index in [0.717, 1.165) is 25.7 Å². The van der Waals surface area contributed by atoms with Crippen LogP contribution in [0.4, 0.5) is 0 Å². The van der Waals surface area contributed by atoms with E-state index in [1.54, 1.807) is 18.2 Å². The van der Waals surface area contributed by atoms with Crippen molar-refractivity contribution in [3.05, 3.63) is 0 Å². The lowest BCUT2D eigenvalue weighted by atomic mass is 9.87. The molecule has 0 bridgehead atoms. The monoisotopic (exact) mass is 175 g/mol. The average Bonchev–Trinajstić information content (AvgIpc) is 2.20. The van der Waals surface area contributed by atoms with E-state index in [0.29, 0.717) is 6.42 Å². The Bertz CT molecular complexity index is 225. The van der Waals surface area contributed by atoms with Crippen LogP contribution in [0.2, 0.25) is 0 Å². The summed E-state index contributed by atoms with van der Waals surface area (Å²) in [6.07, 6.45) is 4.35. The second-order valence-corrected chi connectivity index (χ2v) is 3.05. The van der Waals surface area contributed by atoms with Gasteiger partial charge in [-0.05, 0) is 12.8 Å². The summed E-state index contributed by atoms with van der Waals surface area (Å²) in [7, 11) is 0. The normalized spacial score (nSPS) is 9.69. The van der Waals surface area contributed by atoms with E-state index in [-0.39, 0.29) is 0 Å². The minimum Gasteiger partial charge on any atom is -0.195 e. The largest absolute Gasteiger partial charge is 0.228 e. The van der Waals surface area contributed by atoms with Crippen molar-refractivity contribution in [3.8, 4) is 18.2 Å². The maximum atomic E-state index is 8.64. The Hall–Kier alpha value is -1.53. The van der Waals surface area contributed by atoms with E-state index >= 15 is 0 Å². The Morgan fingerprint density at radius 3 is 1.85 bits per heavy atom. The van der Waals surface area contributed by atoms with E-state index in [9.17, 15) is 0 Å². The molecule has 0 aliphatic carbocycles. The maximum absolute atomic E-state index is 8.64. The van der Waals surface area contributed by atoms with E-state index in [4.69, 9.17) is 15.8 Å². The van der Waals surface area contributed by atoms with Gasteiger partial charge in [0.25, 0.3) is 0 Å². The Morgan fingerprint density at radius 1 is 0.923 bits per heavy atom. The molecular formula is C10H13N3. The Balaban J connectivity index is 3.96. The molecule has 0 saturated carbocycles. The topological polar surface area (TPSA) is 71.4 Å². The second kappa shape index (κ2) is 6.04. The van der Waals surface area contributed by atoms with Crippen molar-refractivity contribution >= 4 is 0 Å². The molecule has 3 heteroatoms. The number of rotatable bonds is 5. The van der Waals surface area contributed by atoms with Crippen molar-refractivity contribution in [2.75, 3.05) is 0 Å². The van der Waals surface area contributed by atoms with E-state index in [2.05, 4.69) is 6.92 Å². The van der Waals surface area contributed by atoms with Crippen LogP contribution in [0.1, 0.15) is 39.0 Å². The highest BCUT2D eigenvalue weighted by molar-refractivity contribution is 5.25. The fourth-order valence-electron chi connectivity index (χ4n) is 1.06. The highest BCUT2D eigenvalue weighted by atomic mass is 14.4. The Kier molecular flexibility index (Phi) is 5.33. The third kappa shape index (κ3) is 3.59. The Morgan fingerprint density at radius 2 is 1.46 bits per heavy atom. The van der Waals surface area contributed by atoms with Gasteiger partial charge in [0.2, 0.25) is 5.41 Å². The fraction of sp³-hybridized carbons (Fsp3) is 0.700. The van der Waals surface area contributed by atoms with Crippen LogP contribution in [-0.4, -0.2) is 0 Å². The molecule has 0 heterocycles. The molecular weight excluding hydrogens is 162 g/mol. The summed E-state index contributed by atoms with van der Waals surface area (Å²) in [4.78, 5) is 0. The molecule has 0 N–H and O–H groups in total. The van der Waals surface area contributed by atoms with Crippen LogP contribution in [0.5, 0.6) is 0 Å². The van der Waals surface area contributed by atoms with Crippen molar-refractivity contribution in [1.82, 2.24) is 0 Å². The molecule has 0 aromatic rings. The van der Waals surface area contributed by atoms with Crippen molar-refractivity contribution in [2.24, 2.45) is 5.41 Å². The number of unbranched alkanes of at least 4 members (excludes halogenated alkanes) is 3. The van der Waals surface area contributed by atoms with Crippen molar-refractivity contribution in [1.29, 1.82) is 15.8 Å². The van der Waals surface area contributed by atoms with Gasteiger partial charge >= 0.3 is 0 Å². The summed E-state index contributed by atoms with van der Waals surface area (Å²) in [5, 5.41) is 25.9. The second-order valence-electron chi connectivity index (χ2n) is 3.05. The van der Waals surface area contributed by atoms with E-state index in [1.807, 2.05) is 0 Å². The van der Waals surface area contributed by atoms with Gasteiger partial charge < -0.3 is 0 Å². The standard InChI is InChI=1S/C10H13N3/c1-2-3-4-5-6-10(7-11,8-12)9-13/h2-6H2,1H3. The number of hydrogen-bond donors (Lipinski definition) is 0. The van der Waals surface area contributed by atoms with Crippen LogP contribution >= 0.6 is 0 Å². The van der Waals surface area contributed by atoms with Crippen molar-refractivity contribution < 1.29 is 0 Å². The molecule has 0 aromatic carbocycles. The maximum Gasteiger partial charge on any atom is 0.228 e. The van der Waals surface area contributed by atoms with Gasteiger partial charge in [-0.2, -0.15) is 15.8 Å². The SMILES string of the molecule is CCCCCCC(C#N)(C#N)C#N. The fourth-order valence-corrected chi connectivity index (χ4v) is 1.06. The molecule has 3 nitrogen and oxygen atoms in total. The Labute approximate surface area is 79.2 Å². The molecule has 0 aromatic heterocycles. The zero-order valence-corrected chi connectivity index (χ0v) is 7.88. The van der Waals surface area contributed by atoms with Gasteiger partial charge in [-0.15, -0.1) is 0 Å². The third-order valence-electron chi connectivity index (χ3n) is 1.98. The van der Waals surface area contributed by atoms with Gasteiger partial charge in [0, 0.05) is 0 Å². The molecule has 0 atom stereocenters. The van der Waals surface area contributed by atoms with Gasteiger partial charge in [-0.1, -0.05) is 26.2 Å². The summed E-state index contributed by atoms with van der Waals surface area (Å²) in [6, 6.07) is 5.31. The lowest BCUT2D eigenvalue weighted by molar-refractivity contribution is 0.535. The molecule has 0 spiro atoms. The number of hydrogen-bond acceptors (Lipinski definition) is 3. The molecule has 13 heavy (non-hydrogen) atoms. The molecule has 0 amide bonds. The first-order valence-electron chi connectivity index (χ1n) is 4.48. The van der Waals surface area contributed by atoms with Crippen LogP contribution in [0.3, 0.4) is 0 Å². The van der Waals surface area contributed by atoms with Gasteiger partial charge in [-0.3, -0.25) is 0 Å². The molecule has 0 aliphatic rings. The smallest absolute Gasteiger partial charge is 0.195 e. The van der Waals surface area contributed by atoms with E-state index in [1.165, 1.54) is 0 Å². The van der Waals surface area contributed by atoms with Crippen LogP contribution in [0, 0.1) is 39.4 Å². The summed E-state index contributed by atoms with van der Waals surface area (Å²) >= 11 is 0. The third-order valence-corrected chi connectivity index (χ3v) is 1.98. The molecule has 0 aliphatic heterocycles. The molecule has 68 valence electrons. The van der Waals surface area contributed by atoms with Gasteiger partial charge in [0.1, 0.15) is 18.2 Å². The van der Waals surface area contributed by atoms with Crippen LogP contribution in [0.15, 0.2) is 0 Å². The lowest BCUT2D eigenvalue weighted by Gasteiger charge is -2.07. The number of nitriles is 3. The summed E-state index contributed by atoms with van der Waals surface area (Å²) in [5.74, 6) is 0. The predicted molar refractivity (Wildman–Crippen MR) is 48.0 cm³/mol. The highest BCUT2D eigenvalue weighted by Gasteiger charge is 2.28. The van der Waals surface area contributed by atoms with Crippen molar-refractivity contribution in [2.45, 2.75) is 39.0 Å². The first kappa shape index (κ1) is 11.5. The highest BCUT2D eigenvalue weighted by Crippen LogP contribution is 2.22. The minimum absolute atomic E-state index is 0.372. The summed E-state index contributed by atoms with van der Waals surface area (Å²) in [5.41, 5.74) is -1.41. The summed E-state index contributed by atoms with van der Waals surface area (Å²) < 4.78 is 0. The first-order chi connectivity index (χ1) is 6.24. The van der Waals surface area contributed by atoms with Gasteiger partial charge in [0.15, 0.2) is 0 Å². The molecule has 0 fully saturated rings. The van der Waals surface area contributed by atoms with Crippen LogP contribution in [0.25, 0.3) is 0 Å². The minimum atomic E-state index is -1.41. The zero-order chi connectivity index (χ0) is 10.2. The molecule has 0 unspecified atom stereocenters. The molecule has 0 radical (unpaired) electrons. The van der Waals surface area contributed by atoms with Crippen molar-refractivity contribution in [3.63, 3.8) is 0 Å². The quantitative estimate of drug-likeness (QED) is 0.602. The zero-order valence-electron chi connectivity index (χ0n) is 7.88. The molecule has 0 rings (SSSR count). The number of nitrogens with zero attached hydrogens (tertiary/aromatic N) is 3. The predicted octanol–water partition coefficient (Wildman–Crippen LogP) is 2.51. The average molecular weight is 175 g/mol. The van der Waals surface area contributed by atoms with Crippen LogP contribution < -0.4 is 0 Å². The van der Waals surface area contributed by atoms with E-state index < -0.39 is 5.41 Å². The molecule has 0 saturated heterocycles. The van der Waals surface area contributed by atoms with Gasteiger partial charge in [0.05, 0.1) is 0 Å². The van der Waals surface area contributed by atoms with Gasteiger partial charge in [-0.25, -0.2) is 0 Å². The van der Waals surface area contributed by atoms with Crippen LogP contribution in [-0.2, 0) is 0 Å². The first-order valence-corrected chi connectivity index (χ1v) is 4.48. The summed E-state index contributed by atoms with van der Waals surface area (Å²) in [6.45, 7) is 2.09.